The molecule has 1 unspecified atom stereocenters. The molecule has 2 N–H and O–H groups in total. The maximum atomic E-state index is 12.1. The SMILES string of the molecule is O=C1Nc2ccccc2C1(O)C1=CCCCC1. The Bertz CT molecular complexity index is 507. The monoisotopic (exact) mass is 229 g/mol. The lowest BCUT2D eigenvalue weighted by Crippen LogP contribution is -2.36. The third kappa shape index (κ3) is 1.42. The van der Waals surface area contributed by atoms with E-state index in [0.29, 0.717) is 5.56 Å². The van der Waals surface area contributed by atoms with E-state index in [1.807, 2.05) is 30.3 Å². The van der Waals surface area contributed by atoms with Gasteiger partial charge in [-0.3, -0.25) is 4.79 Å². The topological polar surface area (TPSA) is 49.3 Å². The molecule has 0 fully saturated rings. The van der Waals surface area contributed by atoms with E-state index in [1.165, 1.54) is 0 Å². The van der Waals surface area contributed by atoms with Crippen molar-refractivity contribution in [2.24, 2.45) is 0 Å². The van der Waals surface area contributed by atoms with Gasteiger partial charge in [0.05, 0.1) is 0 Å². The molecule has 1 heterocycles. The van der Waals surface area contributed by atoms with Crippen LogP contribution in [0.1, 0.15) is 31.2 Å². The van der Waals surface area contributed by atoms with Crippen LogP contribution in [0.15, 0.2) is 35.9 Å². The summed E-state index contributed by atoms with van der Waals surface area (Å²) in [6.45, 7) is 0. The number of nitrogens with one attached hydrogen (secondary N) is 1. The van der Waals surface area contributed by atoms with Crippen LogP contribution in [0.5, 0.6) is 0 Å². The average Bonchev–Trinajstić information content (AvgIpc) is 2.64. The summed E-state index contributed by atoms with van der Waals surface area (Å²) < 4.78 is 0. The van der Waals surface area contributed by atoms with Gasteiger partial charge < -0.3 is 10.4 Å². The van der Waals surface area contributed by atoms with Crippen molar-refractivity contribution in [3.05, 3.63) is 41.5 Å². The summed E-state index contributed by atoms with van der Waals surface area (Å²) in [5.74, 6) is -0.313. The molecule has 1 aliphatic carbocycles. The van der Waals surface area contributed by atoms with Crippen molar-refractivity contribution in [1.29, 1.82) is 0 Å². The lowest BCUT2D eigenvalue weighted by Gasteiger charge is -2.26. The summed E-state index contributed by atoms with van der Waals surface area (Å²) in [5, 5.41) is 13.5. The number of rotatable bonds is 1. The van der Waals surface area contributed by atoms with E-state index in [1.54, 1.807) is 0 Å². The summed E-state index contributed by atoms with van der Waals surface area (Å²) in [5.41, 5.74) is 0.840. The molecule has 17 heavy (non-hydrogen) atoms. The van der Waals surface area contributed by atoms with Crippen LogP contribution in [-0.4, -0.2) is 11.0 Å². The first-order chi connectivity index (χ1) is 8.23. The molecule has 3 heteroatoms. The Kier molecular flexibility index (Phi) is 2.30. The third-order valence-corrected chi connectivity index (χ3v) is 3.65. The molecule has 0 saturated carbocycles. The van der Waals surface area contributed by atoms with Gasteiger partial charge in [0.2, 0.25) is 0 Å². The maximum Gasteiger partial charge on any atom is 0.265 e. The number of anilines is 1. The number of carbonyl (C=O) groups is 1. The fourth-order valence-corrected chi connectivity index (χ4v) is 2.73. The number of hydrogen-bond acceptors (Lipinski definition) is 2. The molecule has 0 saturated heterocycles. The van der Waals surface area contributed by atoms with Gasteiger partial charge in [-0.15, -0.1) is 0 Å². The fourth-order valence-electron chi connectivity index (χ4n) is 2.73. The van der Waals surface area contributed by atoms with Gasteiger partial charge in [0.25, 0.3) is 5.91 Å². The van der Waals surface area contributed by atoms with Crippen molar-refractivity contribution in [2.45, 2.75) is 31.3 Å². The van der Waals surface area contributed by atoms with Gasteiger partial charge in [-0.05, 0) is 37.3 Å². The largest absolute Gasteiger partial charge is 0.372 e. The molecule has 0 aromatic heterocycles. The predicted molar refractivity (Wildman–Crippen MR) is 65.5 cm³/mol. The molecule has 2 aliphatic rings. The van der Waals surface area contributed by atoms with Crippen LogP contribution in [0.3, 0.4) is 0 Å². The Labute approximate surface area is 100 Å². The van der Waals surface area contributed by atoms with Crippen LogP contribution in [0, 0.1) is 0 Å². The summed E-state index contributed by atoms with van der Waals surface area (Å²) >= 11 is 0. The minimum absolute atomic E-state index is 0.313. The van der Waals surface area contributed by atoms with Crippen molar-refractivity contribution in [1.82, 2.24) is 0 Å². The Morgan fingerprint density at radius 2 is 2.06 bits per heavy atom. The molecule has 0 radical (unpaired) electrons. The first kappa shape index (κ1) is 10.5. The summed E-state index contributed by atoms with van der Waals surface area (Å²) in [7, 11) is 0. The number of amides is 1. The summed E-state index contributed by atoms with van der Waals surface area (Å²) in [4.78, 5) is 12.1. The van der Waals surface area contributed by atoms with Crippen molar-refractivity contribution in [3.8, 4) is 0 Å². The number of para-hydroxylation sites is 1. The van der Waals surface area contributed by atoms with Gasteiger partial charge in [-0.25, -0.2) is 0 Å². The normalized spacial score (nSPS) is 27.4. The molecular weight excluding hydrogens is 214 g/mol. The second-order valence-corrected chi connectivity index (χ2v) is 4.69. The van der Waals surface area contributed by atoms with Crippen LogP contribution in [-0.2, 0) is 10.4 Å². The minimum Gasteiger partial charge on any atom is -0.372 e. The van der Waals surface area contributed by atoms with E-state index < -0.39 is 5.60 Å². The van der Waals surface area contributed by atoms with E-state index in [0.717, 1.165) is 36.9 Å². The molecule has 3 rings (SSSR count). The van der Waals surface area contributed by atoms with Crippen molar-refractivity contribution >= 4 is 11.6 Å². The van der Waals surface area contributed by atoms with Gasteiger partial charge >= 0.3 is 0 Å². The highest BCUT2D eigenvalue weighted by Crippen LogP contribution is 2.43. The standard InChI is InChI=1S/C14H15NO2/c16-13-14(17,10-6-2-1-3-7-10)11-8-4-5-9-12(11)15-13/h4-6,8-9,17H,1-3,7H2,(H,15,16). The van der Waals surface area contributed by atoms with Gasteiger partial charge in [-0.1, -0.05) is 24.3 Å². The summed E-state index contributed by atoms with van der Waals surface area (Å²) in [6.07, 6.45) is 5.96. The van der Waals surface area contributed by atoms with Gasteiger partial charge in [-0.2, -0.15) is 0 Å². The number of hydrogen-bond donors (Lipinski definition) is 2. The van der Waals surface area contributed by atoms with Crippen molar-refractivity contribution in [3.63, 3.8) is 0 Å². The number of carbonyl (C=O) groups excluding carboxylic acids is 1. The molecule has 1 aromatic carbocycles. The lowest BCUT2D eigenvalue weighted by molar-refractivity contribution is -0.130. The summed E-state index contributed by atoms with van der Waals surface area (Å²) in [6, 6.07) is 7.37. The van der Waals surface area contributed by atoms with E-state index in [4.69, 9.17) is 0 Å². The van der Waals surface area contributed by atoms with E-state index in [-0.39, 0.29) is 5.91 Å². The van der Waals surface area contributed by atoms with Gasteiger partial charge in [0.1, 0.15) is 0 Å². The van der Waals surface area contributed by atoms with Gasteiger partial charge in [0.15, 0.2) is 5.60 Å². The molecule has 0 bridgehead atoms. The van der Waals surface area contributed by atoms with E-state index in [9.17, 15) is 9.90 Å². The smallest absolute Gasteiger partial charge is 0.265 e. The molecule has 1 aliphatic heterocycles. The van der Waals surface area contributed by atoms with Crippen LogP contribution >= 0.6 is 0 Å². The second kappa shape index (κ2) is 3.70. The van der Waals surface area contributed by atoms with E-state index >= 15 is 0 Å². The first-order valence-corrected chi connectivity index (χ1v) is 6.06. The first-order valence-electron chi connectivity index (χ1n) is 6.06. The lowest BCUT2D eigenvalue weighted by atomic mass is 9.81. The zero-order valence-electron chi connectivity index (χ0n) is 9.57. The Balaban J connectivity index is 2.12. The van der Waals surface area contributed by atoms with Crippen molar-refractivity contribution in [2.75, 3.05) is 5.32 Å². The highest BCUT2D eigenvalue weighted by molar-refractivity contribution is 6.07. The molecule has 3 nitrogen and oxygen atoms in total. The molecule has 1 amide bonds. The molecule has 1 aromatic rings. The molecule has 88 valence electrons. The number of benzene rings is 1. The zero-order valence-corrected chi connectivity index (χ0v) is 9.57. The Morgan fingerprint density at radius 3 is 2.82 bits per heavy atom. The Hall–Kier alpha value is -1.61. The quantitative estimate of drug-likeness (QED) is 0.726. The highest BCUT2D eigenvalue weighted by atomic mass is 16.3. The number of aliphatic hydroxyl groups is 1. The zero-order chi connectivity index (χ0) is 11.9. The van der Waals surface area contributed by atoms with Crippen LogP contribution in [0.4, 0.5) is 5.69 Å². The number of fused-ring (bicyclic) bond motifs is 1. The van der Waals surface area contributed by atoms with Gasteiger partial charge in [0, 0.05) is 11.3 Å². The maximum absolute atomic E-state index is 12.1. The molecule has 0 spiro atoms. The number of allylic oxidation sites excluding steroid dienone is 1. The molecular formula is C14H15NO2. The average molecular weight is 229 g/mol. The van der Waals surface area contributed by atoms with Crippen LogP contribution in [0.2, 0.25) is 0 Å². The van der Waals surface area contributed by atoms with E-state index in [2.05, 4.69) is 5.32 Å². The van der Waals surface area contributed by atoms with Crippen LogP contribution < -0.4 is 5.32 Å². The predicted octanol–water partition coefficient (Wildman–Crippen LogP) is 2.33. The van der Waals surface area contributed by atoms with Crippen LogP contribution in [0.25, 0.3) is 0 Å². The molecule has 1 atom stereocenters. The van der Waals surface area contributed by atoms with Crippen molar-refractivity contribution < 1.29 is 9.90 Å². The third-order valence-electron chi connectivity index (χ3n) is 3.65. The second-order valence-electron chi connectivity index (χ2n) is 4.69. The Morgan fingerprint density at radius 1 is 1.24 bits per heavy atom. The highest BCUT2D eigenvalue weighted by Gasteiger charge is 2.47. The minimum atomic E-state index is -1.43. The fraction of sp³-hybridized carbons (Fsp3) is 0.357.